The summed E-state index contributed by atoms with van der Waals surface area (Å²) in [6, 6.07) is 0. The SMILES string of the molecule is CC=O.CCCCCCCCCCCCCCCC[N+](C)(C)C. The number of rotatable bonds is 15. The number of hydrogen-bond acceptors (Lipinski definition) is 1. The molecule has 0 atom stereocenters. The van der Waals surface area contributed by atoms with Crippen LogP contribution in [0.25, 0.3) is 0 Å². The quantitative estimate of drug-likeness (QED) is 0.194. The zero-order valence-electron chi connectivity index (χ0n) is 17.0. The van der Waals surface area contributed by atoms with E-state index in [9.17, 15) is 0 Å². The Morgan fingerprint density at radius 1 is 0.609 bits per heavy atom. The van der Waals surface area contributed by atoms with E-state index < -0.39 is 0 Å². The third kappa shape index (κ3) is 30.1. The highest BCUT2D eigenvalue weighted by molar-refractivity contribution is 5.44. The van der Waals surface area contributed by atoms with Gasteiger partial charge < -0.3 is 9.28 Å². The molecule has 140 valence electrons. The molecule has 0 saturated carbocycles. The fourth-order valence-electron chi connectivity index (χ4n) is 2.78. The molecule has 0 aliphatic rings. The first-order valence-electron chi connectivity index (χ1n) is 10.2. The molecule has 0 heterocycles. The normalized spacial score (nSPS) is 11.0. The third-order valence-corrected chi connectivity index (χ3v) is 4.18. The number of quaternary nitrogens is 1. The second-order valence-corrected chi connectivity index (χ2v) is 7.85. The predicted molar refractivity (Wildman–Crippen MR) is 105 cm³/mol. The van der Waals surface area contributed by atoms with Crippen molar-refractivity contribution in [2.24, 2.45) is 0 Å². The molecule has 0 radical (unpaired) electrons. The van der Waals surface area contributed by atoms with Crippen LogP contribution in [0.2, 0.25) is 0 Å². The van der Waals surface area contributed by atoms with Gasteiger partial charge in [0.05, 0.1) is 27.7 Å². The molecule has 0 saturated heterocycles. The first kappa shape index (κ1) is 24.9. The minimum Gasteiger partial charge on any atom is -0.331 e. The molecule has 0 aromatic carbocycles. The van der Waals surface area contributed by atoms with Crippen molar-refractivity contribution in [2.75, 3.05) is 27.7 Å². The Balaban J connectivity index is 0. The summed E-state index contributed by atoms with van der Waals surface area (Å²) in [5, 5.41) is 0. The summed E-state index contributed by atoms with van der Waals surface area (Å²) >= 11 is 0. The van der Waals surface area contributed by atoms with Gasteiger partial charge >= 0.3 is 0 Å². The summed E-state index contributed by atoms with van der Waals surface area (Å²) in [6.07, 6.45) is 21.1. The number of nitrogens with zero attached hydrogens (tertiary/aromatic N) is 1. The van der Waals surface area contributed by atoms with E-state index in [4.69, 9.17) is 4.79 Å². The fraction of sp³-hybridized carbons (Fsp3) is 0.952. The maximum atomic E-state index is 8.81. The van der Waals surface area contributed by atoms with Crippen LogP contribution in [0.4, 0.5) is 0 Å². The lowest BCUT2D eigenvalue weighted by molar-refractivity contribution is -0.870. The second-order valence-electron chi connectivity index (χ2n) is 7.85. The van der Waals surface area contributed by atoms with Gasteiger partial charge in [-0.25, -0.2) is 0 Å². The van der Waals surface area contributed by atoms with E-state index in [1.807, 2.05) is 0 Å². The van der Waals surface area contributed by atoms with Crippen LogP contribution in [0.1, 0.15) is 104 Å². The summed E-state index contributed by atoms with van der Waals surface area (Å²) in [5.74, 6) is 0. The van der Waals surface area contributed by atoms with Crippen molar-refractivity contribution in [3.05, 3.63) is 0 Å². The molecule has 0 fully saturated rings. The molecule has 0 aliphatic heterocycles. The molecule has 0 rings (SSSR count). The van der Waals surface area contributed by atoms with Crippen molar-refractivity contribution < 1.29 is 9.28 Å². The van der Waals surface area contributed by atoms with Crippen LogP contribution in [0.15, 0.2) is 0 Å². The van der Waals surface area contributed by atoms with Crippen LogP contribution >= 0.6 is 0 Å². The van der Waals surface area contributed by atoms with Crippen LogP contribution in [0.5, 0.6) is 0 Å². The lowest BCUT2D eigenvalue weighted by Gasteiger charge is -2.23. The highest BCUT2D eigenvalue weighted by atomic mass is 16.1. The van der Waals surface area contributed by atoms with Crippen molar-refractivity contribution in [1.82, 2.24) is 0 Å². The molecule has 0 aromatic rings. The minimum atomic E-state index is 0.750. The van der Waals surface area contributed by atoms with Crippen molar-refractivity contribution in [2.45, 2.75) is 104 Å². The van der Waals surface area contributed by atoms with Crippen molar-refractivity contribution in [1.29, 1.82) is 0 Å². The van der Waals surface area contributed by atoms with E-state index >= 15 is 0 Å². The molecule has 0 amide bonds. The number of carbonyl (C=O) groups excluding carboxylic acids is 1. The van der Waals surface area contributed by atoms with Crippen LogP contribution in [-0.4, -0.2) is 38.5 Å². The van der Waals surface area contributed by atoms with E-state index in [1.165, 1.54) is 103 Å². The number of aldehydes is 1. The van der Waals surface area contributed by atoms with Gasteiger partial charge in [-0.15, -0.1) is 0 Å². The van der Waals surface area contributed by atoms with Gasteiger partial charge in [0.25, 0.3) is 0 Å². The van der Waals surface area contributed by atoms with Crippen molar-refractivity contribution in [3.63, 3.8) is 0 Å². The van der Waals surface area contributed by atoms with Crippen LogP contribution in [0, 0.1) is 0 Å². The highest BCUT2D eigenvalue weighted by Crippen LogP contribution is 2.13. The summed E-state index contributed by atoms with van der Waals surface area (Å²) in [5.41, 5.74) is 0. The van der Waals surface area contributed by atoms with Crippen LogP contribution in [0.3, 0.4) is 0 Å². The Morgan fingerprint density at radius 2 is 0.870 bits per heavy atom. The Labute approximate surface area is 147 Å². The molecule has 2 heteroatoms. The predicted octanol–water partition coefficient (Wildman–Crippen LogP) is 6.38. The highest BCUT2D eigenvalue weighted by Gasteiger charge is 2.04. The van der Waals surface area contributed by atoms with E-state index in [1.54, 1.807) is 0 Å². The number of carbonyl (C=O) groups is 1. The summed E-state index contributed by atoms with van der Waals surface area (Å²) in [7, 11) is 6.88. The maximum Gasteiger partial charge on any atom is 0.116 e. The molecule has 0 aromatic heterocycles. The van der Waals surface area contributed by atoms with E-state index in [0.29, 0.717) is 0 Å². The van der Waals surface area contributed by atoms with Gasteiger partial charge in [0.2, 0.25) is 0 Å². The molecule has 0 bridgehead atoms. The largest absolute Gasteiger partial charge is 0.331 e. The first-order valence-corrected chi connectivity index (χ1v) is 10.2. The third-order valence-electron chi connectivity index (χ3n) is 4.18. The van der Waals surface area contributed by atoms with Gasteiger partial charge in [-0.3, -0.25) is 0 Å². The van der Waals surface area contributed by atoms with Gasteiger partial charge in [-0.1, -0.05) is 84.0 Å². The average Bonchev–Trinajstić information content (AvgIpc) is 2.47. The fourth-order valence-corrected chi connectivity index (χ4v) is 2.78. The first-order chi connectivity index (χ1) is 11.0. The number of unbranched alkanes of at least 4 members (excludes halogenated alkanes) is 13. The standard InChI is InChI=1S/C19H42N.C2H4O/c1-5-6-7-8-9-10-11-12-13-14-15-16-17-18-19-20(2,3)4;1-2-3/h5-19H2,1-4H3;2H,1H3/q+1;. The lowest BCUT2D eigenvalue weighted by Crippen LogP contribution is -2.35. The zero-order valence-corrected chi connectivity index (χ0v) is 17.0. The minimum absolute atomic E-state index is 0.750. The van der Waals surface area contributed by atoms with E-state index in [-0.39, 0.29) is 0 Å². The molecular formula is C21H46NO+. The zero-order chi connectivity index (χ0) is 17.8. The maximum absolute atomic E-state index is 8.81. The Kier molecular flexibility index (Phi) is 21.3. The molecule has 2 nitrogen and oxygen atoms in total. The van der Waals surface area contributed by atoms with E-state index in [2.05, 4.69) is 28.1 Å². The molecule has 0 aliphatic carbocycles. The molecule has 0 N–H and O–H groups in total. The topological polar surface area (TPSA) is 17.1 Å². The summed E-state index contributed by atoms with van der Waals surface area (Å²) < 4.78 is 1.12. The van der Waals surface area contributed by atoms with Gasteiger partial charge in [0.15, 0.2) is 0 Å². The van der Waals surface area contributed by atoms with Gasteiger partial charge in [-0.05, 0) is 19.8 Å². The Hall–Kier alpha value is -0.370. The van der Waals surface area contributed by atoms with Crippen LogP contribution < -0.4 is 0 Å². The molecule has 23 heavy (non-hydrogen) atoms. The van der Waals surface area contributed by atoms with Gasteiger partial charge in [0.1, 0.15) is 6.29 Å². The molecular weight excluding hydrogens is 282 g/mol. The molecule has 0 unspecified atom stereocenters. The Morgan fingerprint density at radius 3 is 1.13 bits per heavy atom. The number of hydrogen-bond donors (Lipinski definition) is 0. The summed E-state index contributed by atoms with van der Waals surface area (Å²) in [4.78, 5) is 8.81. The van der Waals surface area contributed by atoms with Gasteiger partial charge in [0, 0.05) is 0 Å². The van der Waals surface area contributed by atoms with Crippen molar-refractivity contribution in [3.8, 4) is 0 Å². The lowest BCUT2D eigenvalue weighted by atomic mass is 10.0. The van der Waals surface area contributed by atoms with Gasteiger partial charge in [-0.2, -0.15) is 0 Å². The average molecular weight is 329 g/mol. The van der Waals surface area contributed by atoms with Crippen molar-refractivity contribution >= 4 is 6.29 Å². The summed E-state index contributed by atoms with van der Waals surface area (Å²) in [6.45, 7) is 5.07. The molecule has 0 spiro atoms. The monoisotopic (exact) mass is 328 g/mol. The van der Waals surface area contributed by atoms with E-state index in [0.717, 1.165) is 10.8 Å². The Bertz CT molecular complexity index is 220. The second kappa shape index (κ2) is 19.7. The van der Waals surface area contributed by atoms with Crippen LogP contribution in [-0.2, 0) is 4.79 Å². The smallest absolute Gasteiger partial charge is 0.116 e.